The number of benzene rings is 1. The van der Waals surface area contributed by atoms with E-state index in [2.05, 4.69) is 15.3 Å². The Morgan fingerprint density at radius 2 is 2.35 bits per heavy atom. The van der Waals surface area contributed by atoms with E-state index in [1.54, 1.807) is 0 Å². The summed E-state index contributed by atoms with van der Waals surface area (Å²) < 4.78 is 5.45. The standard InChI is InChI=1S/C15H19N3O2/c19-15(10-11-4-3-9-20-11)16-8-7-14-17-12-5-1-2-6-13(12)18-14/h1-2,5-6,11H,3-4,7-10H2,(H,16,19)(H,17,18). The van der Waals surface area contributed by atoms with Crippen molar-refractivity contribution in [3.05, 3.63) is 30.1 Å². The van der Waals surface area contributed by atoms with Gasteiger partial charge in [0.25, 0.3) is 0 Å². The molecule has 1 fully saturated rings. The molecule has 5 heteroatoms. The van der Waals surface area contributed by atoms with Gasteiger partial charge in [0.05, 0.1) is 23.6 Å². The van der Waals surface area contributed by atoms with Gasteiger partial charge in [0.15, 0.2) is 0 Å². The van der Waals surface area contributed by atoms with Gasteiger partial charge >= 0.3 is 0 Å². The van der Waals surface area contributed by atoms with Crippen molar-refractivity contribution in [2.24, 2.45) is 0 Å². The summed E-state index contributed by atoms with van der Waals surface area (Å²) in [7, 11) is 0. The van der Waals surface area contributed by atoms with Gasteiger partial charge in [-0.1, -0.05) is 12.1 Å². The predicted molar refractivity (Wildman–Crippen MR) is 76.4 cm³/mol. The Hall–Kier alpha value is -1.88. The van der Waals surface area contributed by atoms with E-state index in [1.165, 1.54) is 0 Å². The maximum absolute atomic E-state index is 11.7. The quantitative estimate of drug-likeness (QED) is 0.872. The first-order valence-corrected chi connectivity index (χ1v) is 7.13. The first-order valence-electron chi connectivity index (χ1n) is 7.13. The highest BCUT2D eigenvalue weighted by Crippen LogP contribution is 2.15. The molecule has 1 aromatic carbocycles. The third-order valence-electron chi connectivity index (χ3n) is 3.56. The number of imidazole rings is 1. The number of nitrogens with one attached hydrogen (secondary N) is 2. The van der Waals surface area contributed by atoms with Crippen molar-refractivity contribution >= 4 is 16.9 Å². The molecule has 106 valence electrons. The minimum absolute atomic E-state index is 0.0630. The fourth-order valence-electron chi connectivity index (χ4n) is 2.53. The smallest absolute Gasteiger partial charge is 0.222 e. The van der Waals surface area contributed by atoms with E-state index in [0.717, 1.165) is 36.3 Å². The second-order valence-corrected chi connectivity index (χ2v) is 5.14. The Morgan fingerprint density at radius 1 is 1.45 bits per heavy atom. The van der Waals surface area contributed by atoms with E-state index in [4.69, 9.17) is 4.74 Å². The van der Waals surface area contributed by atoms with Crippen molar-refractivity contribution in [2.45, 2.75) is 31.8 Å². The van der Waals surface area contributed by atoms with E-state index >= 15 is 0 Å². The number of aromatic amines is 1. The first kappa shape index (κ1) is 13.1. The van der Waals surface area contributed by atoms with Crippen LogP contribution in [0.5, 0.6) is 0 Å². The maximum Gasteiger partial charge on any atom is 0.222 e. The Kier molecular flexibility index (Phi) is 3.97. The second kappa shape index (κ2) is 6.05. The van der Waals surface area contributed by atoms with Crippen molar-refractivity contribution in [1.82, 2.24) is 15.3 Å². The molecule has 1 unspecified atom stereocenters. The maximum atomic E-state index is 11.7. The topological polar surface area (TPSA) is 67.0 Å². The number of fused-ring (bicyclic) bond motifs is 1. The van der Waals surface area contributed by atoms with Crippen LogP contribution in [0.15, 0.2) is 24.3 Å². The summed E-state index contributed by atoms with van der Waals surface area (Å²) in [6.07, 6.45) is 3.36. The molecule has 1 aliphatic heterocycles. The summed E-state index contributed by atoms with van der Waals surface area (Å²) in [5, 5.41) is 2.92. The van der Waals surface area contributed by atoms with E-state index in [9.17, 15) is 4.79 Å². The summed E-state index contributed by atoms with van der Waals surface area (Å²) in [5.74, 6) is 0.969. The van der Waals surface area contributed by atoms with Crippen LogP contribution in [-0.4, -0.2) is 35.1 Å². The van der Waals surface area contributed by atoms with Crippen LogP contribution in [-0.2, 0) is 16.0 Å². The summed E-state index contributed by atoms with van der Waals surface area (Å²) in [4.78, 5) is 19.5. The largest absolute Gasteiger partial charge is 0.378 e. The third kappa shape index (κ3) is 3.17. The minimum Gasteiger partial charge on any atom is -0.378 e. The lowest BCUT2D eigenvalue weighted by atomic mass is 10.2. The highest BCUT2D eigenvalue weighted by atomic mass is 16.5. The number of H-pyrrole nitrogens is 1. The Morgan fingerprint density at radius 3 is 3.15 bits per heavy atom. The third-order valence-corrected chi connectivity index (χ3v) is 3.56. The van der Waals surface area contributed by atoms with Crippen LogP contribution >= 0.6 is 0 Å². The molecular formula is C15H19N3O2. The lowest BCUT2D eigenvalue weighted by molar-refractivity contribution is -0.123. The van der Waals surface area contributed by atoms with Gasteiger partial charge in [-0.05, 0) is 25.0 Å². The monoisotopic (exact) mass is 273 g/mol. The van der Waals surface area contributed by atoms with E-state index in [1.807, 2.05) is 24.3 Å². The van der Waals surface area contributed by atoms with Crippen molar-refractivity contribution < 1.29 is 9.53 Å². The molecule has 0 saturated carbocycles. The highest BCUT2D eigenvalue weighted by molar-refractivity contribution is 5.76. The van der Waals surface area contributed by atoms with Crippen molar-refractivity contribution in [1.29, 1.82) is 0 Å². The molecule has 1 saturated heterocycles. The fourth-order valence-corrected chi connectivity index (χ4v) is 2.53. The average Bonchev–Trinajstić information content (AvgIpc) is 3.07. The SMILES string of the molecule is O=C(CC1CCCO1)NCCc1nc2ccccc2[nH]1. The molecule has 1 aliphatic rings. The van der Waals surface area contributed by atoms with Crippen molar-refractivity contribution in [3.63, 3.8) is 0 Å². The number of rotatable bonds is 5. The zero-order valence-electron chi connectivity index (χ0n) is 11.4. The zero-order valence-corrected chi connectivity index (χ0v) is 11.4. The molecule has 2 heterocycles. The van der Waals surface area contributed by atoms with E-state index in [0.29, 0.717) is 19.4 Å². The Balaban J connectivity index is 1.45. The molecular weight excluding hydrogens is 254 g/mol. The van der Waals surface area contributed by atoms with Gasteiger partial charge < -0.3 is 15.0 Å². The van der Waals surface area contributed by atoms with Crippen LogP contribution in [0.2, 0.25) is 0 Å². The summed E-state index contributed by atoms with van der Waals surface area (Å²) in [6.45, 7) is 1.39. The molecule has 0 spiro atoms. The summed E-state index contributed by atoms with van der Waals surface area (Å²) in [5.41, 5.74) is 2.00. The Labute approximate surface area is 117 Å². The van der Waals surface area contributed by atoms with Gasteiger partial charge in [-0.3, -0.25) is 4.79 Å². The molecule has 2 aromatic rings. The number of hydrogen-bond donors (Lipinski definition) is 2. The predicted octanol–water partition coefficient (Wildman–Crippen LogP) is 1.79. The molecule has 1 aromatic heterocycles. The zero-order chi connectivity index (χ0) is 13.8. The van der Waals surface area contributed by atoms with Crippen LogP contribution in [0.4, 0.5) is 0 Å². The van der Waals surface area contributed by atoms with Gasteiger partial charge in [-0.2, -0.15) is 0 Å². The van der Waals surface area contributed by atoms with Crippen LogP contribution in [0.25, 0.3) is 11.0 Å². The number of nitrogens with zero attached hydrogens (tertiary/aromatic N) is 1. The number of carbonyl (C=O) groups excluding carboxylic acids is 1. The highest BCUT2D eigenvalue weighted by Gasteiger charge is 2.18. The van der Waals surface area contributed by atoms with Gasteiger partial charge in [0.1, 0.15) is 5.82 Å². The van der Waals surface area contributed by atoms with Gasteiger partial charge in [-0.25, -0.2) is 4.98 Å². The second-order valence-electron chi connectivity index (χ2n) is 5.14. The Bertz CT molecular complexity index is 555. The molecule has 1 amide bonds. The number of hydrogen-bond acceptors (Lipinski definition) is 3. The average molecular weight is 273 g/mol. The molecule has 0 radical (unpaired) electrons. The molecule has 0 bridgehead atoms. The van der Waals surface area contributed by atoms with Gasteiger partial charge in [0, 0.05) is 19.6 Å². The molecule has 0 aliphatic carbocycles. The lowest BCUT2D eigenvalue weighted by Gasteiger charge is -2.09. The fraction of sp³-hybridized carbons (Fsp3) is 0.467. The summed E-state index contributed by atoms with van der Waals surface area (Å²) in [6, 6.07) is 7.93. The molecule has 2 N–H and O–H groups in total. The van der Waals surface area contributed by atoms with Crippen molar-refractivity contribution in [2.75, 3.05) is 13.2 Å². The van der Waals surface area contributed by atoms with Gasteiger partial charge in [-0.15, -0.1) is 0 Å². The first-order chi connectivity index (χ1) is 9.81. The number of carbonyl (C=O) groups is 1. The van der Waals surface area contributed by atoms with E-state index in [-0.39, 0.29) is 12.0 Å². The van der Waals surface area contributed by atoms with Gasteiger partial charge in [0.2, 0.25) is 5.91 Å². The molecule has 5 nitrogen and oxygen atoms in total. The number of amides is 1. The molecule has 20 heavy (non-hydrogen) atoms. The molecule has 1 atom stereocenters. The van der Waals surface area contributed by atoms with Crippen LogP contribution < -0.4 is 5.32 Å². The van der Waals surface area contributed by atoms with Crippen LogP contribution in [0.1, 0.15) is 25.1 Å². The number of aromatic nitrogens is 2. The number of para-hydroxylation sites is 2. The molecule has 3 rings (SSSR count). The number of ether oxygens (including phenoxy) is 1. The minimum atomic E-state index is 0.0630. The normalized spacial score (nSPS) is 18.5. The lowest BCUT2D eigenvalue weighted by Crippen LogP contribution is -2.29. The van der Waals surface area contributed by atoms with Crippen LogP contribution in [0, 0.1) is 0 Å². The van der Waals surface area contributed by atoms with Crippen molar-refractivity contribution in [3.8, 4) is 0 Å². The van der Waals surface area contributed by atoms with Crippen LogP contribution in [0.3, 0.4) is 0 Å². The van der Waals surface area contributed by atoms with E-state index < -0.39 is 0 Å². The summed E-state index contributed by atoms with van der Waals surface area (Å²) >= 11 is 0.